The highest BCUT2D eigenvalue weighted by atomic mass is 79.9. The molecule has 5 heteroatoms. The molecule has 0 radical (unpaired) electrons. The van der Waals surface area contributed by atoms with Crippen LogP contribution in [0.15, 0.2) is 41.1 Å². The summed E-state index contributed by atoms with van der Waals surface area (Å²) in [5.74, 6) is -0.202. The van der Waals surface area contributed by atoms with Gasteiger partial charge < -0.3 is 5.32 Å². The summed E-state index contributed by atoms with van der Waals surface area (Å²) in [5.41, 5.74) is 1.67. The van der Waals surface area contributed by atoms with Crippen LogP contribution in [-0.2, 0) is 6.42 Å². The molecule has 1 atom stereocenters. The van der Waals surface area contributed by atoms with E-state index in [9.17, 15) is 4.39 Å². The van der Waals surface area contributed by atoms with E-state index in [-0.39, 0.29) is 11.9 Å². The van der Waals surface area contributed by atoms with Crippen LogP contribution < -0.4 is 5.32 Å². The van der Waals surface area contributed by atoms with Gasteiger partial charge in [-0.05, 0) is 42.8 Å². The largest absolute Gasteiger partial charge is 0.313 e. The highest BCUT2D eigenvalue weighted by Gasteiger charge is 2.13. The Kier molecular flexibility index (Phi) is 4.38. The van der Waals surface area contributed by atoms with Gasteiger partial charge in [0.2, 0.25) is 0 Å². The normalized spacial score (nSPS) is 12.4. The van der Waals surface area contributed by atoms with E-state index in [2.05, 4.69) is 31.4 Å². The van der Waals surface area contributed by atoms with Gasteiger partial charge in [-0.3, -0.25) is 0 Å². The first-order chi connectivity index (χ1) is 8.70. The molecular formula is C13H13BrFN3. The van der Waals surface area contributed by atoms with Crippen LogP contribution in [0.5, 0.6) is 0 Å². The highest BCUT2D eigenvalue weighted by molar-refractivity contribution is 9.10. The van der Waals surface area contributed by atoms with Gasteiger partial charge in [0.1, 0.15) is 5.82 Å². The molecule has 3 nitrogen and oxygen atoms in total. The second-order valence-corrected chi connectivity index (χ2v) is 4.87. The number of hydrogen-bond acceptors (Lipinski definition) is 3. The van der Waals surface area contributed by atoms with Crippen LogP contribution in [0.1, 0.15) is 17.2 Å². The molecule has 0 aliphatic carbocycles. The summed E-state index contributed by atoms with van der Waals surface area (Å²) in [5, 5.41) is 10.7. The Morgan fingerprint density at radius 3 is 2.78 bits per heavy atom. The van der Waals surface area contributed by atoms with Gasteiger partial charge in [0, 0.05) is 16.7 Å². The molecule has 0 saturated carbocycles. The fourth-order valence-corrected chi connectivity index (χ4v) is 2.13. The van der Waals surface area contributed by atoms with Crippen molar-refractivity contribution in [3.8, 4) is 0 Å². The fraction of sp³-hybridized carbons (Fsp3) is 0.231. The Labute approximate surface area is 114 Å². The maximum absolute atomic E-state index is 13.8. The summed E-state index contributed by atoms with van der Waals surface area (Å²) >= 11 is 3.25. The smallest absolute Gasteiger partial charge is 0.127 e. The summed E-state index contributed by atoms with van der Waals surface area (Å²) < 4.78 is 14.5. The number of nitrogens with one attached hydrogen (secondary N) is 1. The summed E-state index contributed by atoms with van der Waals surface area (Å²) in [6.45, 7) is 0. The minimum Gasteiger partial charge on any atom is -0.313 e. The first kappa shape index (κ1) is 13.1. The molecule has 0 amide bonds. The van der Waals surface area contributed by atoms with E-state index < -0.39 is 0 Å². The van der Waals surface area contributed by atoms with Gasteiger partial charge in [-0.1, -0.05) is 22.0 Å². The molecule has 2 rings (SSSR count). The van der Waals surface area contributed by atoms with Crippen LogP contribution in [0.2, 0.25) is 0 Å². The number of rotatable bonds is 4. The highest BCUT2D eigenvalue weighted by Crippen LogP contribution is 2.21. The van der Waals surface area contributed by atoms with E-state index in [1.165, 1.54) is 6.07 Å². The number of aromatic nitrogens is 2. The SMILES string of the molecule is CNC(Cc1ccc(Br)cc1F)c1ccnnc1. The van der Waals surface area contributed by atoms with E-state index in [0.29, 0.717) is 12.0 Å². The van der Waals surface area contributed by atoms with E-state index in [1.807, 2.05) is 19.2 Å². The molecule has 18 heavy (non-hydrogen) atoms. The Morgan fingerprint density at radius 1 is 1.33 bits per heavy atom. The second-order valence-electron chi connectivity index (χ2n) is 3.96. The van der Waals surface area contributed by atoms with Crippen LogP contribution in [0, 0.1) is 5.82 Å². The number of hydrogen-bond donors (Lipinski definition) is 1. The van der Waals surface area contributed by atoms with Crippen molar-refractivity contribution in [1.82, 2.24) is 15.5 Å². The fourth-order valence-electron chi connectivity index (χ4n) is 1.80. The lowest BCUT2D eigenvalue weighted by molar-refractivity contribution is 0.552. The lowest BCUT2D eigenvalue weighted by Gasteiger charge is -2.16. The van der Waals surface area contributed by atoms with Crippen LogP contribution in [-0.4, -0.2) is 17.2 Å². The van der Waals surface area contributed by atoms with Gasteiger partial charge in [0.15, 0.2) is 0 Å². The van der Waals surface area contributed by atoms with Crippen LogP contribution >= 0.6 is 15.9 Å². The molecule has 94 valence electrons. The molecule has 0 aliphatic heterocycles. The van der Waals surface area contributed by atoms with Gasteiger partial charge >= 0.3 is 0 Å². The molecule has 0 fully saturated rings. The van der Waals surface area contributed by atoms with Crippen LogP contribution in [0.25, 0.3) is 0 Å². The molecular weight excluding hydrogens is 297 g/mol. The Balaban J connectivity index is 2.21. The van der Waals surface area contributed by atoms with Crippen molar-refractivity contribution in [3.05, 3.63) is 58.1 Å². The average Bonchev–Trinajstić information content (AvgIpc) is 2.39. The monoisotopic (exact) mass is 309 g/mol. The first-order valence-electron chi connectivity index (χ1n) is 5.58. The van der Waals surface area contributed by atoms with Gasteiger partial charge in [0.25, 0.3) is 0 Å². The van der Waals surface area contributed by atoms with Crippen molar-refractivity contribution in [2.24, 2.45) is 0 Å². The predicted molar refractivity (Wildman–Crippen MR) is 71.6 cm³/mol. The van der Waals surface area contributed by atoms with Crippen LogP contribution in [0.3, 0.4) is 0 Å². The molecule has 1 unspecified atom stereocenters. The molecule has 0 spiro atoms. The van der Waals surface area contributed by atoms with E-state index >= 15 is 0 Å². The zero-order valence-corrected chi connectivity index (χ0v) is 11.5. The van der Waals surface area contributed by atoms with Gasteiger partial charge in [-0.15, -0.1) is 0 Å². The maximum Gasteiger partial charge on any atom is 0.127 e. The third-order valence-corrected chi connectivity index (χ3v) is 3.29. The topological polar surface area (TPSA) is 37.8 Å². The van der Waals surface area contributed by atoms with Crippen molar-refractivity contribution in [3.63, 3.8) is 0 Å². The number of benzene rings is 1. The quantitative estimate of drug-likeness (QED) is 0.943. The molecule has 0 saturated heterocycles. The molecule has 2 aromatic rings. The first-order valence-corrected chi connectivity index (χ1v) is 6.38. The lowest BCUT2D eigenvalue weighted by atomic mass is 10.0. The molecule has 1 aromatic carbocycles. The zero-order valence-electron chi connectivity index (χ0n) is 9.90. The lowest BCUT2D eigenvalue weighted by Crippen LogP contribution is -2.19. The second kappa shape index (κ2) is 6.02. The Hall–Kier alpha value is -1.33. The van der Waals surface area contributed by atoms with Crippen molar-refractivity contribution in [1.29, 1.82) is 0 Å². The maximum atomic E-state index is 13.8. The average molecular weight is 310 g/mol. The minimum atomic E-state index is -0.202. The summed E-state index contributed by atoms with van der Waals surface area (Å²) in [6.07, 6.45) is 3.90. The molecule has 1 aromatic heterocycles. The molecule has 0 bridgehead atoms. The number of likely N-dealkylation sites (N-methyl/N-ethyl adjacent to an activating group) is 1. The summed E-state index contributed by atoms with van der Waals surface area (Å²) in [4.78, 5) is 0. The van der Waals surface area contributed by atoms with E-state index in [4.69, 9.17) is 0 Å². The van der Waals surface area contributed by atoms with Crippen molar-refractivity contribution < 1.29 is 4.39 Å². The third kappa shape index (κ3) is 3.11. The number of nitrogens with zero attached hydrogens (tertiary/aromatic N) is 2. The van der Waals surface area contributed by atoms with Crippen LogP contribution in [0.4, 0.5) is 4.39 Å². The summed E-state index contributed by atoms with van der Waals surface area (Å²) in [7, 11) is 1.85. The van der Waals surface area contributed by atoms with Crippen molar-refractivity contribution in [2.75, 3.05) is 7.05 Å². The Morgan fingerprint density at radius 2 is 2.17 bits per heavy atom. The molecule has 1 N–H and O–H groups in total. The minimum absolute atomic E-state index is 0.0242. The third-order valence-electron chi connectivity index (χ3n) is 2.80. The van der Waals surface area contributed by atoms with Gasteiger partial charge in [-0.25, -0.2) is 4.39 Å². The van der Waals surface area contributed by atoms with Crippen molar-refractivity contribution >= 4 is 15.9 Å². The van der Waals surface area contributed by atoms with Gasteiger partial charge in [0.05, 0.1) is 6.20 Å². The Bertz CT molecular complexity index is 519. The molecule has 0 aliphatic rings. The van der Waals surface area contributed by atoms with Gasteiger partial charge in [-0.2, -0.15) is 10.2 Å². The number of halogens is 2. The standard InChI is InChI=1S/C13H13BrFN3/c1-16-13(10-4-5-17-18-8-10)6-9-2-3-11(14)7-12(9)15/h2-5,7-8,13,16H,6H2,1H3. The summed E-state index contributed by atoms with van der Waals surface area (Å²) in [6, 6.07) is 7.02. The van der Waals surface area contributed by atoms with Crippen molar-refractivity contribution in [2.45, 2.75) is 12.5 Å². The predicted octanol–water partition coefficient (Wildman–Crippen LogP) is 2.88. The zero-order chi connectivity index (χ0) is 13.0. The van der Waals surface area contributed by atoms with E-state index in [1.54, 1.807) is 18.5 Å². The molecule has 1 heterocycles. The van der Waals surface area contributed by atoms with E-state index in [0.717, 1.165) is 10.0 Å².